The van der Waals surface area contributed by atoms with E-state index in [0.29, 0.717) is 35.4 Å². The van der Waals surface area contributed by atoms with Crippen LogP contribution in [0, 0.1) is 0 Å². The molecule has 0 aliphatic rings. The molecule has 3 aromatic rings. The molecule has 2 heterocycles. The van der Waals surface area contributed by atoms with E-state index >= 15 is 0 Å². The van der Waals surface area contributed by atoms with Gasteiger partial charge in [0.25, 0.3) is 5.91 Å². The zero-order valence-electron chi connectivity index (χ0n) is 17.2. The smallest absolute Gasteiger partial charge is 0.310 e. The summed E-state index contributed by atoms with van der Waals surface area (Å²) in [5, 5.41) is 6.23. The summed E-state index contributed by atoms with van der Waals surface area (Å²) < 4.78 is 10.3. The molecule has 9 heteroatoms. The lowest BCUT2D eigenvalue weighted by Crippen LogP contribution is -2.14. The van der Waals surface area contributed by atoms with Gasteiger partial charge in [-0.15, -0.1) is 0 Å². The van der Waals surface area contributed by atoms with Crippen molar-refractivity contribution >= 4 is 34.9 Å². The lowest BCUT2D eigenvalue weighted by molar-refractivity contribution is -0.142. The summed E-state index contributed by atoms with van der Waals surface area (Å²) in [6, 6.07) is 12.5. The molecule has 0 aliphatic heterocycles. The fraction of sp³-hybridized carbons (Fsp3) is 0.182. The van der Waals surface area contributed by atoms with Gasteiger partial charge in [0.1, 0.15) is 17.4 Å². The predicted octanol–water partition coefficient (Wildman–Crippen LogP) is 3.18. The molecule has 4 N–H and O–H groups in total. The Hall–Kier alpha value is -4.14. The van der Waals surface area contributed by atoms with E-state index in [0.717, 1.165) is 5.56 Å². The second-order valence-corrected chi connectivity index (χ2v) is 6.46. The summed E-state index contributed by atoms with van der Waals surface area (Å²) in [5.41, 5.74) is 7.60. The second kappa shape index (κ2) is 10.1. The molecule has 0 saturated carbocycles. The van der Waals surface area contributed by atoms with Gasteiger partial charge in [-0.1, -0.05) is 18.2 Å². The number of carbonyl (C=O) groups excluding carboxylic acids is 2. The minimum atomic E-state index is -0.613. The number of anilines is 4. The quantitative estimate of drug-likeness (QED) is 0.449. The van der Waals surface area contributed by atoms with Crippen LogP contribution in [0.15, 0.2) is 54.9 Å². The third-order valence-electron chi connectivity index (χ3n) is 4.28. The molecular formula is C22H23N5O4. The maximum atomic E-state index is 11.8. The number of hydrogen-bond donors (Lipinski definition) is 3. The highest BCUT2D eigenvalue weighted by Crippen LogP contribution is 2.30. The number of rotatable bonds is 9. The Balaban J connectivity index is 1.80. The number of nitrogens with zero attached hydrogens (tertiary/aromatic N) is 2. The summed E-state index contributed by atoms with van der Waals surface area (Å²) in [7, 11) is 1.56. The largest absolute Gasteiger partial charge is 0.495 e. The lowest BCUT2D eigenvalue weighted by atomic mass is 10.2. The average molecular weight is 421 g/mol. The molecule has 0 aliphatic carbocycles. The van der Waals surface area contributed by atoms with Crippen molar-refractivity contribution in [1.29, 1.82) is 0 Å². The second-order valence-electron chi connectivity index (χ2n) is 6.46. The number of amides is 1. The van der Waals surface area contributed by atoms with E-state index < -0.39 is 5.91 Å². The van der Waals surface area contributed by atoms with E-state index in [1.165, 1.54) is 6.20 Å². The van der Waals surface area contributed by atoms with Crippen LogP contribution in [-0.2, 0) is 16.0 Å². The number of aromatic nitrogens is 2. The molecule has 0 radical (unpaired) electrons. The zero-order chi connectivity index (χ0) is 22.2. The first-order chi connectivity index (χ1) is 15.0. The van der Waals surface area contributed by atoms with Crippen LogP contribution in [-0.4, -0.2) is 35.6 Å². The number of methoxy groups -OCH3 is 1. The van der Waals surface area contributed by atoms with Crippen molar-refractivity contribution in [1.82, 2.24) is 9.97 Å². The standard InChI is InChI=1S/C22H23N5O4/c1-3-31-21(28)10-14-8-9-19(24-12-14)27-20-11-17(15(13-25-20)22(23)29)26-16-6-4-5-7-18(16)30-2/h4-9,11-13H,3,10H2,1-2H3,(H2,23,29)(H2,24,25,26,27). The molecule has 160 valence electrons. The zero-order valence-corrected chi connectivity index (χ0v) is 17.2. The number of carbonyl (C=O) groups is 2. The van der Waals surface area contributed by atoms with Gasteiger partial charge in [0.15, 0.2) is 0 Å². The third-order valence-corrected chi connectivity index (χ3v) is 4.28. The SMILES string of the molecule is CCOC(=O)Cc1ccc(Nc2cc(Nc3ccccc3OC)c(C(N)=O)cn2)nc1. The van der Waals surface area contributed by atoms with Crippen LogP contribution in [0.2, 0.25) is 0 Å². The molecule has 0 saturated heterocycles. The fourth-order valence-electron chi connectivity index (χ4n) is 2.83. The van der Waals surface area contributed by atoms with E-state index in [-0.39, 0.29) is 18.0 Å². The number of ether oxygens (including phenoxy) is 2. The minimum Gasteiger partial charge on any atom is -0.495 e. The Bertz CT molecular complexity index is 1070. The molecule has 0 fully saturated rings. The van der Waals surface area contributed by atoms with Crippen LogP contribution in [0.4, 0.5) is 23.0 Å². The van der Waals surface area contributed by atoms with Crippen molar-refractivity contribution in [2.45, 2.75) is 13.3 Å². The topological polar surface area (TPSA) is 128 Å². The average Bonchev–Trinajstić information content (AvgIpc) is 2.75. The fourth-order valence-corrected chi connectivity index (χ4v) is 2.83. The van der Waals surface area contributed by atoms with Crippen LogP contribution < -0.4 is 21.1 Å². The van der Waals surface area contributed by atoms with E-state index in [1.54, 1.807) is 44.5 Å². The molecule has 0 bridgehead atoms. The molecule has 1 aromatic carbocycles. The Morgan fingerprint density at radius 2 is 1.77 bits per heavy atom. The normalized spacial score (nSPS) is 10.3. The van der Waals surface area contributed by atoms with Gasteiger partial charge in [-0.05, 0) is 30.7 Å². The molecule has 0 spiro atoms. The third kappa shape index (κ3) is 5.69. The molecule has 0 unspecified atom stereocenters. The Kier molecular flexibility index (Phi) is 7.00. The number of esters is 1. The van der Waals surface area contributed by atoms with Gasteiger partial charge in [0.05, 0.1) is 37.1 Å². The lowest BCUT2D eigenvalue weighted by Gasteiger charge is -2.14. The van der Waals surface area contributed by atoms with E-state index in [4.69, 9.17) is 15.2 Å². The number of primary amides is 1. The number of hydrogen-bond acceptors (Lipinski definition) is 8. The van der Waals surface area contributed by atoms with Gasteiger partial charge in [-0.25, -0.2) is 9.97 Å². The van der Waals surface area contributed by atoms with E-state index in [1.807, 2.05) is 18.2 Å². The maximum Gasteiger partial charge on any atom is 0.310 e. The molecule has 1 amide bonds. The van der Waals surface area contributed by atoms with Gasteiger partial charge in [0, 0.05) is 18.5 Å². The molecule has 9 nitrogen and oxygen atoms in total. The van der Waals surface area contributed by atoms with Gasteiger partial charge < -0.3 is 25.8 Å². The molecule has 3 rings (SSSR count). The molecule has 31 heavy (non-hydrogen) atoms. The minimum absolute atomic E-state index is 0.152. The number of nitrogens with one attached hydrogen (secondary N) is 2. The Morgan fingerprint density at radius 1 is 1.00 bits per heavy atom. The maximum absolute atomic E-state index is 11.8. The first kappa shape index (κ1) is 21.6. The van der Waals surface area contributed by atoms with Crippen LogP contribution in [0.3, 0.4) is 0 Å². The van der Waals surface area contributed by atoms with Gasteiger partial charge in [-0.3, -0.25) is 9.59 Å². The molecule has 0 atom stereocenters. The summed E-state index contributed by atoms with van der Waals surface area (Å²) >= 11 is 0. The van der Waals surface area contributed by atoms with Crippen molar-refractivity contribution < 1.29 is 19.1 Å². The summed E-state index contributed by atoms with van der Waals surface area (Å²) in [5.74, 6) is 0.671. The van der Waals surface area contributed by atoms with E-state index in [9.17, 15) is 9.59 Å². The van der Waals surface area contributed by atoms with Crippen LogP contribution in [0.5, 0.6) is 5.75 Å². The molecular weight excluding hydrogens is 398 g/mol. The van der Waals surface area contributed by atoms with Gasteiger partial charge in [-0.2, -0.15) is 0 Å². The monoisotopic (exact) mass is 421 g/mol. The van der Waals surface area contributed by atoms with Crippen molar-refractivity contribution in [2.75, 3.05) is 24.4 Å². The highest BCUT2D eigenvalue weighted by Gasteiger charge is 2.13. The predicted molar refractivity (Wildman–Crippen MR) is 117 cm³/mol. The first-order valence-electron chi connectivity index (χ1n) is 9.57. The first-order valence-corrected chi connectivity index (χ1v) is 9.57. The van der Waals surface area contributed by atoms with Gasteiger partial charge >= 0.3 is 5.97 Å². The van der Waals surface area contributed by atoms with Crippen molar-refractivity contribution in [3.8, 4) is 5.75 Å². The Labute approximate surface area is 179 Å². The highest BCUT2D eigenvalue weighted by atomic mass is 16.5. The molecule has 2 aromatic heterocycles. The van der Waals surface area contributed by atoms with E-state index in [2.05, 4.69) is 20.6 Å². The van der Waals surface area contributed by atoms with Crippen molar-refractivity contribution in [2.24, 2.45) is 5.73 Å². The van der Waals surface area contributed by atoms with Crippen molar-refractivity contribution in [3.05, 3.63) is 66.0 Å². The summed E-state index contributed by atoms with van der Waals surface area (Å²) in [6.45, 7) is 2.10. The van der Waals surface area contributed by atoms with Gasteiger partial charge in [0.2, 0.25) is 0 Å². The van der Waals surface area contributed by atoms with Crippen LogP contribution >= 0.6 is 0 Å². The number of para-hydroxylation sites is 2. The number of pyridine rings is 2. The van der Waals surface area contributed by atoms with Crippen LogP contribution in [0.25, 0.3) is 0 Å². The van der Waals surface area contributed by atoms with Crippen molar-refractivity contribution in [3.63, 3.8) is 0 Å². The van der Waals surface area contributed by atoms with Crippen LogP contribution in [0.1, 0.15) is 22.8 Å². The summed E-state index contributed by atoms with van der Waals surface area (Å²) in [6.07, 6.45) is 3.13. The number of benzene rings is 1. The Morgan fingerprint density at radius 3 is 2.45 bits per heavy atom. The summed E-state index contributed by atoms with van der Waals surface area (Å²) in [4.78, 5) is 32.0. The number of nitrogens with two attached hydrogens (primary N) is 1. The highest BCUT2D eigenvalue weighted by molar-refractivity contribution is 5.99.